The molecule has 21 heavy (non-hydrogen) atoms. The molecule has 2 aromatic rings. The Kier molecular flexibility index (Phi) is 3.52. The first kappa shape index (κ1) is 13.1. The zero-order valence-corrected chi connectivity index (χ0v) is 12.5. The number of hydrogen-bond acceptors (Lipinski definition) is 1. The van der Waals surface area contributed by atoms with Crippen molar-refractivity contribution in [2.24, 2.45) is 0 Å². The van der Waals surface area contributed by atoms with E-state index in [1.165, 1.54) is 37.7 Å². The monoisotopic (exact) mass is 277 g/mol. The van der Waals surface area contributed by atoms with Gasteiger partial charge in [-0.05, 0) is 60.3 Å². The number of fused-ring (bicyclic) bond motifs is 2. The molecule has 2 aliphatic rings. The predicted octanol–water partition coefficient (Wildman–Crippen LogP) is 4.38. The van der Waals surface area contributed by atoms with Crippen LogP contribution < -0.4 is 5.32 Å². The van der Waals surface area contributed by atoms with Crippen molar-refractivity contribution in [3.8, 4) is 0 Å². The lowest BCUT2D eigenvalue weighted by molar-refractivity contribution is 0.456. The number of nitrogens with one attached hydrogen (secondary N) is 1. The molecule has 1 nitrogen and oxygen atoms in total. The molecule has 1 N–H and O–H groups in total. The predicted molar refractivity (Wildman–Crippen MR) is 87.6 cm³/mol. The largest absolute Gasteiger partial charge is 0.309 e. The maximum absolute atomic E-state index is 3.85. The number of hydrogen-bond donors (Lipinski definition) is 1. The first-order chi connectivity index (χ1) is 10.4. The summed E-state index contributed by atoms with van der Waals surface area (Å²) in [4.78, 5) is 0. The van der Waals surface area contributed by atoms with Crippen molar-refractivity contribution < 1.29 is 0 Å². The lowest BCUT2D eigenvalue weighted by Gasteiger charge is -2.27. The van der Waals surface area contributed by atoms with Crippen LogP contribution in [0.1, 0.15) is 53.5 Å². The van der Waals surface area contributed by atoms with E-state index in [-0.39, 0.29) is 0 Å². The van der Waals surface area contributed by atoms with Gasteiger partial charge in [-0.2, -0.15) is 0 Å². The minimum atomic E-state index is 0.565. The lowest BCUT2D eigenvalue weighted by atomic mass is 9.82. The van der Waals surface area contributed by atoms with Gasteiger partial charge in [-0.25, -0.2) is 0 Å². The molecule has 4 rings (SSSR count). The van der Waals surface area contributed by atoms with E-state index in [0.717, 1.165) is 6.54 Å². The molecular formula is C20H23N. The number of aryl methyl sites for hydroxylation is 2. The van der Waals surface area contributed by atoms with E-state index in [0.29, 0.717) is 12.0 Å². The third kappa shape index (κ3) is 2.51. The van der Waals surface area contributed by atoms with Crippen LogP contribution in [0.3, 0.4) is 0 Å². The highest BCUT2D eigenvalue weighted by molar-refractivity contribution is 5.35. The van der Waals surface area contributed by atoms with Gasteiger partial charge in [0.1, 0.15) is 0 Å². The summed E-state index contributed by atoms with van der Waals surface area (Å²) in [6, 6.07) is 18.5. The van der Waals surface area contributed by atoms with Crippen LogP contribution in [-0.2, 0) is 12.8 Å². The molecule has 0 bridgehead atoms. The normalized spacial score (nSPS) is 23.6. The minimum absolute atomic E-state index is 0.565. The van der Waals surface area contributed by atoms with E-state index in [9.17, 15) is 0 Å². The van der Waals surface area contributed by atoms with Crippen molar-refractivity contribution in [1.82, 2.24) is 5.32 Å². The van der Waals surface area contributed by atoms with Crippen molar-refractivity contribution in [1.29, 1.82) is 0 Å². The van der Waals surface area contributed by atoms with Gasteiger partial charge in [-0.1, -0.05) is 48.5 Å². The van der Waals surface area contributed by atoms with Crippen LogP contribution in [0.2, 0.25) is 0 Å². The van der Waals surface area contributed by atoms with Gasteiger partial charge in [-0.15, -0.1) is 0 Å². The minimum Gasteiger partial charge on any atom is -0.309 e. The Labute approximate surface area is 127 Å². The van der Waals surface area contributed by atoms with E-state index in [4.69, 9.17) is 0 Å². The SMILES string of the molecule is c1ccc2c(c1)CCCC2CNC1CCc2ccccc21. The van der Waals surface area contributed by atoms with Gasteiger partial charge < -0.3 is 5.32 Å². The van der Waals surface area contributed by atoms with Gasteiger partial charge in [0.25, 0.3) is 0 Å². The van der Waals surface area contributed by atoms with Crippen LogP contribution in [0.4, 0.5) is 0 Å². The second-order valence-electron chi connectivity index (χ2n) is 6.49. The van der Waals surface area contributed by atoms with Crippen LogP contribution >= 0.6 is 0 Å². The van der Waals surface area contributed by atoms with E-state index in [1.807, 2.05) is 0 Å². The summed E-state index contributed by atoms with van der Waals surface area (Å²) in [5, 5.41) is 3.85. The molecular weight excluding hydrogens is 254 g/mol. The fourth-order valence-electron chi connectivity index (χ4n) is 4.12. The topological polar surface area (TPSA) is 12.0 Å². The molecule has 0 aliphatic heterocycles. The Morgan fingerprint density at radius 3 is 2.38 bits per heavy atom. The van der Waals surface area contributed by atoms with Crippen LogP contribution in [-0.4, -0.2) is 6.54 Å². The van der Waals surface area contributed by atoms with Crippen molar-refractivity contribution in [3.63, 3.8) is 0 Å². The third-order valence-electron chi connectivity index (χ3n) is 5.24. The summed E-state index contributed by atoms with van der Waals surface area (Å²) in [5.41, 5.74) is 6.23. The van der Waals surface area contributed by atoms with Crippen LogP contribution in [0.25, 0.3) is 0 Å². The van der Waals surface area contributed by atoms with Gasteiger partial charge >= 0.3 is 0 Å². The van der Waals surface area contributed by atoms with Crippen molar-refractivity contribution in [2.45, 2.75) is 44.1 Å². The maximum Gasteiger partial charge on any atom is 0.0326 e. The van der Waals surface area contributed by atoms with Crippen LogP contribution in [0.5, 0.6) is 0 Å². The molecule has 2 atom stereocenters. The van der Waals surface area contributed by atoms with Gasteiger partial charge in [0.15, 0.2) is 0 Å². The second-order valence-corrected chi connectivity index (χ2v) is 6.49. The highest BCUT2D eigenvalue weighted by atomic mass is 14.9. The van der Waals surface area contributed by atoms with E-state index >= 15 is 0 Å². The van der Waals surface area contributed by atoms with E-state index in [2.05, 4.69) is 53.8 Å². The molecule has 0 spiro atoms. The summed E-state index contributed by atoms with van der Waals surface area (Å²) in [6.45, 7) is 1.12. The standard InChI is InChI=1S/C20H23N/c1-3-10-18-15(6-1)8-5-9-17(18)14-21-20-13-12-16-7-2-4-11-19(16)20/h1-4,6-7,10-11,17,20-21H,5,8-9,12-14H2. The molecule has 0 aromatic heterocycles. The summed E-state index contributed by atoms with van der Waals surface area (Å²) >= 11 is 0. The quantitative estimate of drug-likeness (QED) is 0.877. The fraction of sp³-hybridized carbons (Fsp3) is 0.400. The summed E-state index contributed by atoms with van der Waals surface area (Å²) in [6.07, 6.45) is 6.42. The highest BCUT2D eigenvalue weighted by Crippen LogP contribution is 2.34. The maximum atomic E-state index is 3.85. The molecule has 108 valence electrons. The zero-order valence-electron chi connectivity index (χ0n) is 12.5. The Morgan fingerprint density at radius 2 is 1.52 bits per heavy atom. The van der Waals surface area contributed by atoms with Gasteiger partial charge in [0.2, 0.25) is 0 Å². The molecule has 1 heteroatoms. The van der Waals surface area contributed by atoms with Crippen molar-refractivity contribution in [3.05, 3.63) is 70.8 Å². The average Bonchev–Trinajstić information content (AvgIpc) is 2.96. The average molecular weight is 277 g/mol. The molecule has 0 fully saturated rings. The van der Waals surface area contributed by atoms with Gasteiger partial charge in [0, 0.05) is 12.6 Å². The van der Waals surface area contributed by atoms with E-state index in [1.54, 1.807) is 16.7 Å². The molecule has 2 aromatic carbocycles. The van der Waals surface area contributed by atoms with Crippen LogP contribution in [0, 0.1) is 0 Å². The third-order valence-corrected chi connectivity index (χ3v) is 5.24. The molecule has 0 saturated heterocycles. The smallest absolute Gasteiger partial charge is 0.0326 e. The number of benzene rings is 2. The number of rotatable bonds is 3. The summed E-state index contributed by atoms with van der Waals surface area (Å²) in [7, 11) is 0. The molecule has 0 saturated carbocycles. The molecule has 0 amide bonds. The first-order valence-corrected chi connectivity index (χ1v) is 8.31. The van der Waals surface area contributed by atoms with Crippen molar-refractivity contribution in [2.75, 3.05) is 6.54 Å². The Balaban J connectivity index is 1.47. The van der Waals surface area contributed by atoms with Crippen LogP contribution in [0.15, 0.2) is 48.5 Å². The highest BCUT2D eigenvalue weighted by Gasteiger charge is 2.24. The molecule has 0 heterocycles. The lowest BCUT2D eigenvalue weighted by Crippen LogP contribution is -2.27. The molecule has 2 aliphatic carbocycles. The molecule has 2 unspecified atom stereocenters. The fourth-order valence-corrected chi connectivity index (χ4v) is 4.12. The zero-order chi connectivity index (χ0) is 14.1. The Morgan fingerprint density at radius 1 is 0.810 bits per heavy atom. The summed E-state index contributed by atoms with van der Waals surface area (Å²) < 4.78 is 0. The second kappa shape index (κ2) is 5.65. The summed E-state index contributed by atoms with van der Waals surface area (Å²) in [5.74, 6) is 0.697. The van der Waals surface area contributed by atoms with Gasteiger partial charge in [0.05, 0.1) is 0 Å². The van der Waals surface area contributed by atoms with E-state index < -0.39 is 0 Å². The van der Waals surface area contributed by atoms with Crippen molar-refractivity contribution >= 4 is 0 Å². The Hall–Kier alpha value is -1.60. The first-order valence-electron chi connectivity index (χ1n) is 8.31. The molecule has 0 radical (unpaired) electrons. The Bertz CT molecular complexity index is 631. The van der Waals surface area contributed by atoms with Gasteiger partial charge in [-0.3, -0.25) is 0 Å².